The fourth-order valence-corrected chi connectivity index (χ4v) is 2.68. The number of rotatable bonds is 5. The molecule has 132 valence electrons. The van der Waals surface area contributed by atoms with Gasteiger partial charge in [0.25, 0.3) is 0 Å². The molecule has 0 radical (unpaired) electrons. The molecule has 0 bridgehead atoms. The first-order valence-electron chi connectivity index (χ1n) is 7.93. The molecule has 25 heavy (non-hydrogen) atoms. The van der Waals surface area contributed by atoms with E-state index in [4.69, 9.17) is 26.4 Å². The minimum absolute atomic E-state index is 0.265. The number of aliphatic hydroxyl groups is 1. The van der Waals surface area contributed by atoms with Crippen LogP contribution in [0, 0.1) is 0 Å². The van der Waals surface area contributed by atoms with Gasteiger partial charge in [0.1, 0.15) is 19.0 Å². The van der Waals surface area contributed by atoms with Crippen molar-refractivity contribution in [2.24, 2.45) is 0 Å². The van der Waals surface area contributed by atoms with Crippen LogP contribution < -0.4 is 24.8 Å². The van der Waals surface area contributed by atoms with Crippen LogP contribution in [0.1, 0.15) is 11.7 Å². The van der Waals surface area contributed by atoms with Gasteiger partial charge in [-0.15, -0.1) is 0 Å². The standard InChI is InChI=1S/C18H20N2O4S/c1-22-15-5-3-2-4-13(15)20-18(25)19-11-14(21)12-6-7-16-17(10-12)24-9-8-23-16/h2-7,10,14,21H,8-9,11H2,1H3,(H2,19,20,25). The highest BCUT2D eigenvalue weighted by Gasteiger charge is 2.15. The summed E-state index contributed by atoms with van der Waals surface area (Å²) in [5, 5.41) is 16.8. The summed E-state index contributed by atoms with van der Waals surface area (Å²) in [6.45, 7) is 1.32. The molecule has 1 unspecified atom stereocenters. The van der Waals surface area contributed by atoms with E-state index in [1.807, 2.05) is 30.3 Å². The Morgan fingerprint density at radius 2 is 1.96 bits per heavy atom. The first-order chi connectivity index (χ1) is 12.2. The molecular weight excluding hydrogens is 340 g/mol. The third-order valence-corrected chi connectivity index (χ3v) is 4.01. The van der Waals surface area contributed by atoms with Crippen LogP contribution in [-0.4, -0.2) is 37.1 Å². The zero-order chi connectivity index (χ0) is 17.6. The van der Waals surface area contributed by atoms with E-state index in [0.717, 1.165) is 11.3 Å². The number of fused-ring (bicyclic) bond motifs is 1. The first kappa shape index (κ1) is 17.3. The third kappa shape index (κ3) is 4.32. The predicted octanol–water partition coefficient (Wildman–Crippen LogP) is 2.49. The van der Waals surface area contributed by atoms with E-state index in [0.29, 0.717) is 35.6 Å². The van der Waals surface area contributed by atoms with Crippen molar-refractivity contribution >= 4 is 23.0 Å². The maximum absolute atomic E-state index is 10.4. The molecule has 0 saturated carbocycles. The SMILES string of the molecule is COc1ccccc1NC(=S)NCC(O)c1ccc2c(c1)OCCO2. The highest BCUT2D eigenvalue weighted by molar-refractivity contribution is 7.80. The summed E-state index contributed by atoms with van der Waals surface area (Å²) in [4.78, 5) is 0. The van der Waals surface area contributed by atoms with Crippen molar-refractivity contribution in [3.8, 4) is 17.2 Å². The minimum atomic E-state index is -0.728. The molecule has 0 aromatic heterocycles. The van der Waals surface area contributed by atoms with Crippen LogP contribution in [0.3, 0.4) is 0 Å². The number of nitrogens with one attached hydrogen (secondary N) is 2. The molecule has 1 aliphatic rings. The smallest absolute Gasteiger partial charge is 0.170 e. The molecule has 0 fully saturated rings. The van der Waals surface area contributed by atoms with Crippen molar-refractivity contribution in [2.45, 2.75) is 6.10 Å². The number of methoxy groups -OCH3 is 1. The van der Waals surface area contributed by atoms with Gasteiger partial charge in [-0.1, -0.05) is 18.2 Å². The second kappa shape index (κ2) is 8.04. The van der Waals surface area contributed by atoms with Gasteiger partial charge >= 0.3 is 0 Å². The van der Waals surface area contributed by atoms with Crippen LogP contribution in [0.25, 0.3) is 0 Å². The zero-order valence-electron chi connectivity index (χ0n) is 13.8. The van der Waals surface area contributed by atoms with Crippen molar-refractivity contribution in [2.75, 3.05) is 32.2 Å². The number of aliphatic hydroxyl groups excluding tert-OH is 1. The lowest BCUT2D eigenvalue weighted by Crippen LogP contribution is -2.32. The Morgan fingerprint density at radius 1 is 1.20 bits per heavy atom. The second-order valence-electron chi connectivity index (χ2n) is 5.45. The minimum Gasteiger partial charge on any atom is -0.495 e. The van der Waals surface area contributed by atoms with Crippen LogP contribution in [0.15, 0.2) is 42.5 Å². The van der Waals surface area contributed by atoms with Crippen molar-refractivity contribution in [1.29, 1.82) is 0 Å². The molecule has 2 aromatic rings. The summed E-state index contributed by atoms with van der Waals surface area (Å²) in [6.07, 6.45) is -0.728. The molecule has 0 aliphatic carbocycles. The van der Waals surface area contributed by atoms with Gasteiger partial charge in [0.2, 0.25) is 0 Å². The van der Waals surface area contributed by atoms with Gasteiger partial charge < -0.3 is 30.0 Å². The number of anilines is 1. The van der Waals surface area contributed by atoms with Crippen LogP contribution in [0.2, 0.25) is 0 Å². The summed E-state index contributed by atoms with van der Waals surface area (Å²) >= 11 is 5.28. The molecule has 0 spiro atoms. The Kier molecular flexibility index (Phi) is 5.57. The fraction of sp³-hybridized carbons (Fsp3) is 0.278. The molecule has 3 N–H and O–H groups in total. The summed E-state index contributed by atoms with van der Waals surface area (Å²) < 4.78 is 16.3. The molecule has 0 saturated heterocycles. The molecule has 2 aromatic carbocycles. The Hall–Kier alpha value is -2.51. The van der Waals surface area contributed by atoms with E-state index in [1.54, 1.807) is 19.2 Å². The Bertz CT molecular complexity index is 754. The summed E-state index contributed by atoms with van der Waals surface area (Å²) in [6, 6.07) is 12.9. The van der Waals surface area contributed by atoms with Gasteiger partial charge in [0.05, 0.1) is 18.9 Å². The monoisotopic (exact) mass is 360 g/mol. The molecule has 1 atom stereocenters. The van der Waals surface area contributed by atoms with Gasteiger partial charge in [-0.3, -0.25) is 0 Å². The molecular formula is C18H20N2O4S. The van der Waals surface area contributed by atoms with Gasteiger partial charge in [-0.25, -0.2) is 0 Å². The summed E-state index contributed by atoms with van der Waals surface area (Å²) in [7, 11) is 1.60. The van der Waals surface area contributed by atoms with Crippen LogP contribution in [0.5, 0.6) is 17.2 Å². The number of hydrogen-bond donors (Lipinski definition) is 3. The normalized spacial score (nSPS) is 13.7. The maximum atomic E-state index is 10.4. The molecule has 3 rings (SSSR count). The predicted molar refractivity (Wildman–Crippen MR) is 99.6 cm³/mol. The number of benzene rings is 2. The van der Waals surface area contributed by atoms with Crippen LogP contribution in [-0.2, 0) is 0 Å². The molecule has 7 heteroatoms. The lowest BCUT2D eigenvalue weighted by molar-refractivity contribution is 0.165. The lowest BCUT2D eigenvalue weighted by atomic mass is 10.1. The Balaban J connectivity index is 1.56. The Labute approximate surface area is 151 Å². The quantitative estimate of drug-likeness (QED) is 0.708. The average molecular weight is 360 g/mol. The van der Waals surface area contributed by atoms with Gasteiger partial charge in [-0.05, 0) is 42.0 Å². The van der Waals surface area contributed by atoms with Gasteiger partial charge in [0, 0.05) is 6.54 Å². The molecule has 1 aliphatic heterocycles. The maximum Gasteiger partial charge on any atom is 0.170 e. The second-order valence-corrected chi connectivity index (χ2v) is 5.86. The Morgan fingerprint density at radius 3 is 2.76 bits per heavy atom. The molecule has 6 nitrogen and oxygen atoms in total. The van der Waals surface area contributed by atoms with Crippen molar-refractivity contribution < 1.29 is 19.3 Å². The number of ether oxygens (including phenoxy) is 3. The van der Waals surface area contributed by atoms with E-state index >= 15 is 0 Å². The largest absolute Gasteiger partial charge is 0.495 e. The number of thiocarbonyl (C=S) groups is 1. The summed E-state index contributed by atoms with van der Waals surface area (Å²) in [5.74, 6) is 2.04. The highest BCUT2D eigenvalue weighted by atomic mass is 32.1. The summed E-state index contributed by atoms with van der Waals surface area (Å²) in [5.41, 5.74) is 1.49. The van der Waals surface area contributed by atoms with E-state index in [2.05, 4.69) is 10.6 Å². The molecule has 1 heterocycles. The van der Waals surface area contributed by atoms with Crippen molar-refractivity contribution in [3.63, 3.8) is 0 Å². The van der Waals surface area contributed by atoms with Crippen molar-refractivity contribution in [3.05, 3.63) is 48.0 Å². The topological polar surface area (TPSA) is 72.0 Å². The lowest BCUT2D eigenvalue weighted by Gasteiger charge is -2.21. The van der Waals surface area contributed by atoms with E-state index in [-0.39, 0.29) is 6.54 Å². The average Bonchev–Trinajstić information content (AvgIpc) is 2.66. The van der Waals surface area contributed by atoms with Crippen LogP contribution >= 0.6 is 12.2 Å². The number of para-hydroxylation sites is 2. The van der Waals surface area contributed by atoms with Gasteiger partial charge in [0.15, 0.2) is 16.6 Å². The van der Waals surface area contributed by atoms with Gasteiger partial charge in [-0.2, -0.15) is 0 Å². The van der Waals surface area contributed by atoms with E-state index in [1.165, 1.54) is 0 Å². The third-order valence-electron chi connectivity index (χ3n) is 3.76. The van der Waals surface area contributed by atoms with E-state index in [9.17, 15) is 5.11 Å². The molecule has 0 amide bonds. The van der Waals surface area contributed by atoms with Crippen LogP contribution in [0.4, 0.5) is 5.69 Å². The van der Waals surface area contributed by atoms with Crippen molar-refractivity contribution in [1.82, 2.24) is 5.32 Å². The van der Waals surface area contributed by atoms with E-state index < -0.39 is 6.10 Å². The first-order valence-corrected chi connectivity index (χ1v) is 8.33. The highest BCUT2D eigenvalue weighted by Crippen LogP contribution is 2.32. The zero-order valence-corrected chi connectivity index (χ0v) is 14.6. The number of hydrogen-bond acceptors (Lipinski definition) is 5. The fourth-order valence-electron chi connectivity index (χ4n) is 2.49.